The van der Waals surface area contributed by atoms with E-state index < -0.39 is 21.8 Å². The second-order valence-electron chi connectivity index (χ2n) is 6.53. The first-order valence-corrected chi connectivity index (χ1v) is 10.8. The number of hydrogen-bond acceptors (Lipinski definition) is 12. The largest absolute Gasteiger partial charge is 3.00 e. The van der Waals surface area contributed by atoms with Crippen LogP contribution in [0.1, 0.15) is 22.8 Å². The van der Waals surface area contributed by atoms with Crippen molar-refractivity contribution in [2.24, 2.45) is 0 Å². The summed E-state index contributed by atoms with van der Waals surface area (Å²) in [5, 5.41) is 43.4. The Kier molecular flexibility index (Phi) is 19.0. The van der Waals surface area contributed by atoms with Crippen molar-refractivity contribution in [3.63, 3.8) is 0 Å². The molecule has 4 heterocycles. The van der Waals surface area contributed by atoms with Crippen molar-refractivity contribution in [2.75, 3.05) is 0 Å². The van der Waals surface area contributed by atoms with Crippen molar-refractivity contribution in [3.05, 3.63) is 120 Å². The van der Waals surface area contributed by atoms with E-state index in [2.05, 4.69) is 19.9 Å². The molecule has 0 saturated carbocycles. The second-order valence-corrected chi connectivity index (χ2v) is 7.28. The summed E-state index contributed by atoms with van der Waals surface area (Å²) in [6.45, 7) is 0. The van der Waals surface area contributed by atoms with Crippen LogP contribution >= 0.6 is 0 Å². The Morgan fingerprint density at radius 2 is 0.667 bits per heavy atom. The van der Waals surface area contributed by atoms with Gasteiger partial charge in [0.25, 0.3) is 0 Å². The number of halogens is 1. The Labute approximate surface area is 234 Å². The standard InChI is InChI=1S/2C11H9N2O2.ClHO4.Co.3H2O/c2*14-11(15,9-5-1-3-7-12-9)10-6-2-4-8-13-10;2-1(3,4)5;;;;/h2*1-8,14H;(H,2,3,4,5);;3*1H2/q2*-1;;+3;;;/p-1. The maximum atomic E-state index is 11.9. The molecule has 8 N–H and O–H groups in total. The molecule has 0 aliphatic rings. The summed E-state index contributed by atoms with van der Waals surface area (Å²) < 4.78 is 34.0. The van der Waals surface area contributed by atoms with Gasteiger partial charge < -0.3 is 36.9 Å². The molecular weight excluding hydrogens is 591 g/mol. The van der Waals surface area contributed by atoms with Crippen LogP contribution < -0.4 is 28.8 Å². The van der Waals surface area contributed by atoms with Gasteiger partial charge in [0.15, 0.2) is 0 Å². The van der Waals surface area contributed by atoms with Gasteiger partial charge in [-0.05, 0) is 48.5 Å². The molecule has 214 valence electrons. The minimum Gasteiger partial charge on any atom is -0.819 e. The molecule has 0 fully saturated rings. The predicted octanol–water partition coefficient (Wildman–Crippen LogP) is -7.17. The van der Waals surface area contributed by atoms with Crippen molar-refractivity contribution >= 4 is 0 Å². The second kappa shape index (κ2) is 18.3. The third-order valence-electron chi connectivity index (χ3n) is 4.05. The Balaban J connectivity index is -0.000000522. The fourth-order valence-corrected chi connectivity index (χ4v) is 2.52. The van der Waals surface area contributed by atoms with Gasteiger partial charge in [0.1, 0.15) is 0 Å². The zero-order valence-corrected chi connectivity index (χ0v) is 21.4. The van der Waals surface area contributed by atoms with Gasteiger partial charge in [0.2, 0.25) is 0 Å². The van der Waals surface area contributed by atoms with E-state index in [1.54, 1.807) is 48.5 Å². The summed E-state index contributed by atoms with van der Waals surface area (Å²) in [7, 11) is -4.94. The molecule has 15 nitrogen and oxygen atoms in total. The van der Waals surface area contributed by atoms with E-state index in [4.69, 9.17) is 18.6 Å². The molecule has 0 saturated heterocycles. The number of nitrogens with zero attached hydrogens (tertiary/aromatic N) is 4. The van der Waals surface area contributed by atoms with E-state index in [0.717, 1.165) is 0 Å². The monoisotopic (exact) mass is 614 g/mol. The average Bonchev–Trinajstić information content (AvgIpc) is 2.86. The SMILES string of the molecule is O.O.O.[Co+3].[O-]C(O)(c1ccccn1)c1ccccn1.[O-]C(O)(c1ccccn1)c1ccccn1.[O-][Cl+3]([O-])([O-])[O-]. The Morgan fingerprint density at radius 3 is 0.795 bits per heavy atom. The first-order chi connectivity index (χ1) is 16.4. The molecule has 0 atom stereocenters. The molecule has 0 aliphatic carbocycles. The van der Waals surface area contributed by atoms with Crippen molar-refractivity contribution in [1.29, 1.82) is 0 Å². The average molecular weight is 615 g/mol. The minimum atomic E-state index is -4.94. The van der Waals surface area contributed by atoms with Crippen LogP contribution in [0.15, 0.2) is 97.6 Å². The molecule has 4 aromatic rings. The van der Waals surface area contributed by atoms with Crippen LogP contribution in [-0.2, 0) is 28.4 Å². The third kappa shape index (κ3) is 13.5. The number of aromatic nitrogens is 4. The van der Waals surface area contributed by atoms with Crippen LogP contribution in [0.4, 0.5) is 0 Å². The van der Waals surface area contributed by atoms with Gasteiger partial charge >= 0.3 is 16.8 Å². The molecule has 4 aromatic heterocycles. The van der Waals surface area contributed by atoms with E-state index >= 15 is 0 Å². The summed E-state index contributed by atoms with van der Waals surface area (Å²) in [4.78, 5) is 15.3. The van der Waals surface area contributed by atoms with Crippen LogP contribution in [0.3, 0.4) is 0 Å². The van der Waals surface area contributed by atoms with Crippen molar-refractivity contribution in [3.8, 4) is 0 Å². The summed E-state index contributed by atoms with van der Waals surface area (Å²) in [6.07, 6.45) is 5.84. The molecule has 39 heavy (non-hydrogen) atoms. The third-order valence-corrected chi connectivity index (χ3v) is 4.05. The van der Waals surface area contributed by atoms with Crippen molar-refractivity contribution < 1.29 is 82.5 Å². The number of pyridine rings is 4. The first-order valence-electron chi connectivity index (χ1n) is 9.55. The topological polar surface area (TPSA) is 325 Å². The molecule has 0 aromatic carbocycles. The number of aliphatic hydroxyl groups is 2. The summed E-state index contributed by atoms with van der Waals surface area (Å²) >= 11 is 0. The quantitative estimate of drug-likeness (QED) is 0.202. The van der Waals surface area contributed by atoms with Gasteiger partial charge in [-0.1, -0.05) is 24.3 Å². The smallest absolute Gasteiger partial charge is 0.819 e. The number of rotatable bonds is 4. The normalized spacial score (nSPS) is 10.3. The molecular formula is C22H24ClCoN4O11. The predicted molar refractivity (Wildman–Crippen MR) is 114 cm³/mol. The Bertz CT molecular complexity index is 970. The van der Waals surface area contributed by atoms with Crippen LogP contribution in [-0.4, -0.2) is 46.6 Å². The zero-order valence-electron chi connectivity index (χ0n) is 19.6. The molecule has 0 bridgehead atoms. The van der Waals surface area contributed by atoms with E-state index in [1.165, 1.54) is 49.1 Å². The molecule has 0 unspecified atom stereocenters. The van der Waals surface area contributed by atoms with Gasteiger partial charge in [0, 0.05) is 24.8 Å². The molecule has 0 radical (unpaired) electrons. The van der Waals surface area contributed by atoms with E-state index in [9.17, 15) is 20.4 Å². The first kappa shape index (κ1) is 40.5. The van der Waals surface area contributed by atoms with E-state index in [-0.39, 0.29) is 56.0 Å². The fraction of sp³-hybridized carbons (Fsp3) is 0.0909. The maximum Gasteiger partial charge on any atom is 3.00 e. The summed E-state index contributed by atoms with van der Waals surface area (Å²) in [5.41, 5.74) is 0.180. The van der Waals surface area contributed by atoms with Crippen molar-refractivity contribution in [2.45, 2.75) is 11.6 Å². The number of hydrogen-bond donors (Lipinski definition) is 2. The molecule has 4 rings (SSSR count). The van der Waals surface area contributed by atoms with Gasteiger partial charge in [-0.2, -0.15) is 0 Å². The van der Waals surface area contributed by atoms with E-state index in [1.807, 2.05) is 0 Å². The van der Waals surface area contributed by atoms with Crippen LogP contribution in [0.2, 0.25) is 0 Å². The van der Waals surface area contributed by atoms with Gasteiger partial charge in [-0.25, -0.2) is 18.6 Å². The van der Waals surface area contributed by atoms with Gasteiger partial charge in [-0.15, -0.1) is 10.2 Å². The minimum absolute atomic E-state index is 0. The zero-order chi connectivity index (χ0) is 26.0. The molecule has 17 heteroatoms. The van der Waals surface area contributed by atoms with Crippen LogP contribution in [0.5, 0.6) is 0 Å². The molecule has 0 amide bonds. The van der Waals surface area contributed by atoms with Crippen molar-refractivity contribution in [1.82, 2.24) is 19.9 Å². The Hall–Kier alpha value is -3.04. The van der Waals surface area contributed by atoms with E-state index in [0.29, 0.717) is 0 Å². The summed E-state index contributed by atoms with van der Waals surface area (Å²) in [6, 6.07) is 19.2. The molecule has 0 aliphatic heterocycles. The maximum absolute atomic E-state index is 11.9. The van der Waals surface area contributed by atoms with Gasteiger partial charge in [0.05, 0.1) is 34.3 Å². The van der Waals surface area contributed by atoms with Crippen LogP contribution in [0, 0.1) is 10.2 Å². The Morgan fingerprint density at radius 1 is 0.487 bits per heavy atom. The van der Waals surface area contributed by atoms with Gasteiger partial charge in [-0.3, -0.25) is 19.9 Å². The van der Waals surface area contributed by atoms with Crippen LogP contribution in [0.25, 0.3) is 0 Å². The fourth-order valence-electron chi connectivity index (χ4n) is 2.52. The summed E-state index contributed by atoms with van der Waals surface area (Å²) in [5.74, 6) is -4.77. The molecule has 0 spiro atoms.